The number of carbonyl (C=O) groups excluding carboxylic acids is 1. The van der Waals surface area contributed by atoms with Crippen LogP contribution in [0.15, 0.2) is 47.7 Å². The van der Waals surface area contributed by atoms with Crippen molar-refractivity contribution in [1.29, 1.82) is 0 Å². The zero-order valence-corrected chi connectivity index (χ0v) is 18.4. The van der Waals surface area contributed by atoms with Gasteiger partial charge in [0.05, 0.1) is 33.0 Å². The lowest BCUT2D eigenvalue weighted by molar-refractivity contribution is -0.148. The van der Waals surface area contributed by atoms with Crippen LogP contribution in [0.5, 0.6) is 5.75 Å². The van der Waals surface area contributed by atoms with E-state index in [2.05, 4.69) is 38.1 Å². The summed E-state index contributed by atoms with van der Waals surface area (Å²) in [5.74, 6) is 1.73. The number of ether oxygens (including phenoxy) is 3. The molecule has 0 spiro atoms. The molecular weight excluding hydrogens is 364 g/mol. The molecule has 0 aromatic heterocycles. The highest BCUT2D eigenvalue weighted by molar-refractivity contribution is 5.75. The summed E-state index contributed by atoms with van der Waals surface area (Å²) in [4.78, 5) is 13.0. The third kappa shape index (κ3) is 3.70. The zero-order chi connectivity index (χ0) is 21.0. The van der Waals surface area contributed by atoms with E-state index >= 15 is 0 Å². The van der Waals surface area contributed by atoms with Gasteiger partial charge in [-0.1, -0.05) is 51.0 Å². The lowest BCUT2D eigenvalue weighted by Crippen LogP contribution is -2.35. The van der Waals surface area contributed by atoms with Crippen LogP contribution in [0.3, 0.4) is 0 Å². The van der Waals surface area contributed by atoms with E-state index < -0.39 is 0 Å². The second-order valence-corrected chi connectivity index (χ2v) is 8.22. The number of methoxy groups -OCH3 is 3. The summed E-state index contributed by atoms with van der Waals surface area (Å²) in [5.41, 5.74) is 2.09. The van der Waals surface area contributed by atoms with Gasteiger partial charge in [-0.05, 0) is 42.5 Å². The Kier molecular flexibility index (Phi) is 6.71. The molecule has 4 heteroatoms. The summed E-state index contributed by atoms with van der Waals surface area (Å²) in [6.07, 6.45) is 9.25. The SMILES string of the molecule is CCCC1=C[C@@]2(CCC)[C@@H](C(=O)OC)C[C@@H](C(OC)=C1)[C@@H]2c1ccccc1OC. The molecule has 2 aliphatic carbocycles. The van der Waals surface area contributed by atoms with Crippen molar-refractivity contribution in [2.75, 3.05) is 21.3 Å². The van der Waals surface area contributed by atoms with Crippen molar-refractivity contribution in [3.8, 4) is 5.75 Å². The Labute approximate surface area is 174 Å². The smallest absolute Gasteiger partial charge is 0.309 e. The molecule has 0 unspecified atom stereocenters. The fourth-order valence-electron chi connectivity index (χ4n) is 5.71. The molecule has 1 fully saturated rings. The average Bonchev–Trinajstić information content (AvgIpc) is 2.98. The summed E-state index contributed by atoms with van der Waals surface area (Å²) in [6.45, 7) is 4.38. The lowest BCUT2D eigenvalue weighted by Gasteiger charge is -2.38. The molecule has 0 aliphatic heterocycles. The molecule has 0 heterocycles. The van der Waals surface area contributed by atoms with Gasteiger partial charge in [0.2, 0.25) is 0 Å². The predicted octanol–water partition coefficient (Wildman–Crippen LogP) is 5.64. The van der Waals surface area contributed by atoms with E-state index in [1.165, 1.54) is 12.7 Å². The second-order valence-electron chi connectivity index (χ2n) is 8.22. The molecule has 0 radical (unpaired) electrons. The van der Waals surface area contributed by atoms with E-state index in [-0.39, 0.29) is 29.1 Å². The lowest BCUT2D eigenvalue weighted by atomic mass is 9.65. The molecule has 1 saturated carbocycles. The van der Waals surface area contributed by atoms with Gasteiger partial charge < -0.3 is 14.2 Å². The number of allylic oxidation sites excluding steroid dienone is 4. The molecule has 29 heavy (non-hydrogen) atoms. The van der Waals surface area contributed by atoms with Gasteiger partial charge >= 0.3 is 5.97 Å². The van der Waals surface area contributed by atoms with Crippen molar-refractivity contribution in [2.45, 2.75) is 51.9 Å². The minimum absolute atomic E-state index is 0.100. The van der Waals surface area contributed by atoms with E-state index in [0.717, 1.165) is 49.2 Å². The molecule has 4 nitrogen and oxygen atoms in total. The summed E-state index contributed by atoms with van der Waals surface area (Å²) in [5, 5.41) is 0. The molecule has 1 aromatic rings. The highest BCUT2D eigenvalue weighted by Gasteiger charge is 2.59. The van der Waals surface area contributed by atoms with Crippen LogP contribution in [0.1, 0.15) is 57.4 Å². The normalized spacial score (nSPS) is 28.2. The van der Waals surface area contributed by atoms with Gasteiger partial charge in [0, 0.05) is 17.3 Å². The van der Waals surface area contributed by atoms with Crippen molar-refractivity contribution in [1.82, 2.24) is 0 Å². The minimum Gasteiger partial charge on any atom is -0.501 e. The Bertz CT molecular complexity index is 794. The molecule has 158 valence electrons. The second kappa shape index (κ2) is 9.06. The summed E-state index contributed by atoms with van der Waals surface area (Å²) < 4.78 is 17.0. The van der Waals surface area contributed by atoms with Crippen LogP contribution in [0, 0.1) is 17.3 Å². The van der Waals surface area contributed by atoms with Crippen molar-refractivity contribution < 1.29 is 19.0 Å². The molecule has 0 N–H and O–H groups in total. The van der Waals surface area contributed by atoms with Crippen molar-refractivity contribution in [2.24, 2.45) is 17.3 Å². The van der Waals surface area contributed by atoms with Gasteiger partial charge in [-0.25, -0.2) is 0 Å². The fourth-order valence-corrected chi connectivity index (χ4v) is 5.71. The number of para-hydroxylation sites is 1. The first-order valence-corrected chi connectivity index (χ1v) is 10.7. The van der Waals surface area contributed by atoms with Crippen LogP contribution in [0.25, 0.3) is 0 Å². The Hall–Kier alpha value is -2.23. The Morgan fingerprint density at radius 2 is 1.86 bits per heavy atom. The fraction of sp³-hybridized carbons (Fsp3) is 0.560. The highest BCUT2D eigenvalue weighted by atomic mass is 16.5. The molecule has 2 aliphatic rings. The quantitative estimate of drug-likeness (QED) is 0.531. The Balaban J connectivity index is 2.29. The van der Waals surface area contributed by atoms with E-state index in [0.29, 0.717) is 0 Å². The van der Waals surface area contributed by atoms with Crippen LogP contribution < -0.4 is 4.74 Å². The number of fused-ring (bicyclic) bond motifs is 2. The van der Waals surface area contributed by atoms with E-state index in [4.69, 9.17) is 14.2 Å². The van der Waals surface area contributed by atoms with Gasteiger partial charge in [-0.15, -0.1) is 0 Å². The van der Waals surface area contributed by atoms with Crippen LogP contribution in [-0.2, 0) is 14.3 Å². The first kappa shape index (κ1) is 21.5. The molecule has 0 amide bonds. The van der Waals surface area contributed by atoms with Crippen molar-refractivity contribution in [3.63, 3.8) is 0 Å². The minimum atomic E-state index is -0.317. The maximum absolute atomic E-state index is 13.0. The maximum Gasteiger partial charge on any atom is 0.309 e. The van der Waals surface area contributed by atoms with Crippen LogP contribution in [-0.4, -0.2) is 27.3 Å². The number of hydrogen-bond donors (Lipinski definition) is 0. The van der Waals surface area contributed by atoms with E-state index in [9.17, 15) is 4.79 Å². The third-order valence-corrected chi connectivity index (χ3v) is 6.68. The van der Waals surface area contributed by atoms with Crippen LogP contribution >= 0.6 is 0 Å². The number of rotatable bonds is 8. The number of esters is 1. The van der Waals surface area contributed by atoms with Gasteiger partial charge in [0.25, 0.3) is 0 Å². The molecule has 0 saturated heterocycles. The van der Waals surface area contributed by atoms with Gasteiger partial charge in [0.1, 0.15) is 5.75 Å². The number of carbonyl (C=O) groups is 1. The van der Waals surface area contributed by atoms with Crippen LogP contribution in [0.4, 0.5) is 0 Å². The van der Waals surface area contributed by atoms with Gasteiger partial charge in [-0.2, -0.15) is 0 Å². The summed E-state index contributed by atoms with van der Waals surface area (Å²) in [7, 11) is 4.96. The number of hydrogen-bond acceptors (Lipinski definition) is 4. The first-order chi connectivity index (χ1) is 14.1. The standard InChI is InChI=1S/C25H34O4/c1-6-10-17-14-22(28-4)19-15-20(24(26)29-5)25(16-17,13-7-2)23(19)18-11-8-9-12-21(18)27-3/h8-9,11-12,14,16,19-20,23H,6-7,10,13,15H2,1-5H3/t19-,20+,23-,25-/m0/s1. The van der Waals surface area contributed by atoms with Crippen molar-refractivity contribution in [3.05, 3.63) is 53.3 Å². The Morgan fingerprint density at radius 3 is 2.48 bits per heavy atom. The average molecular weight is 399 g/mol. The Morgan fingerprint density at radius 1 is 1.10 bits per heavy atom. The highest BCUT2D eigenvalue weighted by Crippen LogP contribution is 2.64. The summed E-state index contributed by atoms with van der Waals surface area (Å²) in [6, 6.07) is 8.21. The van der Waals surface area contributed by atoms with Gasteiger partial charge in [0.15, 0.2) is 0 Å². The van der Waals surface area contributed by atoms with Crippen LogP contribution in [0.2, 0.25) is 0 Å². The molecule has 4 atom stereocenters. The predicted molar refractivity (Wildman–Crippen MR) is 115 cm³/mol. The molecule has 3 rings (SSSR count). The first-order valence-electron chi connectivity index (χ1n) is 10.7. The molecule has 2 bridgehead atoms. The van der Waals surface area contributed by atoms with Gasteiger partial charge in [-0.3, -0.25) is 4.79 Å². The monoisotopic (exact) mass is 398 g/mol. The van der Waals surface area contributed by atoms with E-state index in [1.54, 1.807) is 14.2 Å². The largest absolute Gasteiger partial charge is 0.501 e. The zero-order valence-electron chi connectivity index (χ0n) is 18.4. The molecule has 1 aromatic carbocycles. The van der Waals surface area contributed by atoms with Crippen molar-refractivity contribution >= 4 is 5.97 Å². The number of benzene rings is 1. The third-order valence-electron chi connectivity index (χ3n) is 6.68. The van der Waals surface area contributed by atoms with E-state index in [1.807, 2.05) is 12.1 Å². The summed E-state index contributed by atoms with van der Waals surface area (Å²) >= 11 is 0. The maximum atomic E-state index is 13.0. The topological polar surface area (TPSA) is 44.8 Å². The molecular formula is C25H34O4.